The molecular formula is C16H19NO2. The minimum atomic E-state index is -0.148. The van der Waals surface area contributed by atoms with Gasteiger partial charge < -0.3 is 9.73 Å². The molecule has 2 aromatic rings. The van der Waals surface area contributed by atoms with Gasteiger partial charge in [0.25, 0.3) is 5.91 Å². The third-order valence-corrected chi connectivity index (χ3v) is 3.15. The summed E-state index contributed by atoms with van der Waals surface area (Å²) in [6, 6.07) is 11.9. The van der Waals surface area contributed by atoms with E-state index in [0.717, 1.165) is 24.0 Å². The highest BCUT2D eigenvalue weighted by Crippen LogP contribution is 2.19. The maximum atomic E-state index is 12.2. The summed E-state index contributed by atoms with van der Waals surface area (Å²) in [6.45, 7) is 3.98. The Hall–Kier alpha value is -2.03. The summed E-state index contributed by atoms with van der Waals surface area (Å²) in [5.41, 5.74) is 1.99. The first-order valence-electron chi connectivity index (χ1n) is 6.62. The van der Waals surface area contributed by atoms with Gasteiger partial charge >= 0.3 is 0 Å². The standard InChI is InChI=1S/C16H19NO2/c1-3-7-14(13-8-5-4-6-9-13)17-16(18)15-12(2)10-11-19-15/h4-6,8-11,14H,3,7H2,1-2H3,(H,17,18). The van der Waals surface area contributed by atoms with Crippen LogP contribution < -0.4 is 5.32 Å². The molecule has 1 atom stereocenters. The molecule has 1 aromatic heterocycles. The van der Waals surface area contributed by atoms with Crippen LogP contribution in [0.25, 0.3) is 0 Å². The largest absolute Gasteiger partial charge is 0.459 e. The molecule has 0 saturated heterocycles. The van der Waals surface area contributed by atoms with Gasteiger partial charge in [-0.05, 0) is 25.0 Å². The lowest BCUT2D eigenvalue weighted by molar-refractivity contribution is 0.0905. The second-order valence-corrected chi connectivity index (χ2v) is 4.66. The average molecular weight is 257 g/mol. The van der Waals surface area contributed by atoms with Crippen LogP contribution in [0.4, 0.5) is 0 Å². The summed E-state index contributed by atoms with van der Waals surface area (Å²) in [6.07, 6.45) is 3.47. The number of hydrogen-bond acceptors (Lipinski definition) is 2. The van der Waals surface area contributed by atoms with Crippen LogP contribution in [0, 0.1) is 6.92 Å². The zero-order valence-electron chi connectivity index (χ0n) is 11.3. The SMILES string of the molecule is CCCC(NC(=O)c1occc1C)c1ccccc1. The predicted octanol–water partition coefficient (Wildman–Crippen LogP) is 3.86. The van der Waals surface area contributed by atoms with Gasteiger partial charge in [-0.25, -0.2) is 0 Å². The minimum Gasteiger partial charge on any atom is -0.459 e. The summed E-state index contributed by atoms with van der Waals surface area (Å²) in [4.78, 5) is 12.2. The van der Waals surface area contributed by atoms with Gasteiger partial charge in [-0.1, -0.05) is 43.7 Å². The van der Waals surface area contributed by atoms with Gasteiger partial charge in [-0.3, -0.25) is 4.79 Å². The highest BCUT2D eigenvalue weighted by Gasteiger charge is 2.18. The lowest BCUT2D eigenvalue weighted by Gasteiger charge is -2.18. The second-order valence-electron chi connectivity index (χ2n) is 4.66. The third-order valence-electron chi connectivity index (χ3n) is 3.15. The van der Waals surface area contributed by atoms with Crippen molar-refractivity contribution in [2.75, 3.05) is 0 Å². The molecule has 1 unspecified atom stereocenters. The molecule has 100 valence electrons. The van der Waals surface area contributed by atoms with Crippen molar-refractivity contribution in [3.8, 4) is 0 Å². The molecule has 0 aliphatic carbocycles. The van der Waals surface area contributed by atoms with E-state index in [1.165, 1.54) is 0 Å². The van der Waals surface area contributed by atoms with Gasteiger partial charge in [0, 0.05) is 5.56 Å². The summed E-state index contributed by atoms with van der Waals surface area (Å²) in [7, 11) is 0. The summed E-state index contributed by atoms with van der Waals surface area (Å²) < 4.78 is 5.23. The summed E-state index contributed by atoms with van der Waals surface area (Å²) in [5.74, 6) is 0.252. The fourth-order valence-electron chi connectivity index (χ4n) is 2.13. The van der Waals surface area contributed by atoms with Crippen LogP contribution in [0.15, 0.2) is 47.1 Å². The fourth-order valence-corrected chi connectivity index (χ4v) is 2.13. The molecule has 3 nitrogen and oxygen atoms in total. The average Bonchev–Trinajstić information content (AvgIpc) is 2.85. The van der Waals surface area contributed by atoms with E-state index >= 15 is 0 Å². The molecule has 2 rings (SSSR count). The molecule has 1 N–H and O–H groups in total. The topological polar surface area (TPSA) is 42.2 Å². The number of aryl methyl sites for hydroxylation is 1. The van der Waals surface area contributed by atoms with E-state index in [1.807, 2.05) is 37.3 Å². The number of hydrogen-bond donors (Lipinski definition) is 1. The molecule has 0 aliphatic heterocycles. The zero-order chi connectivity index (χ0) is 13.7. The van der Waals surface area contributed by atoms with E-state index in [4.69, 9.17) is 4.42 Å². The Morgan fingerprint density at radius 1 is 1.26 bits per heavy atom. The molecule has 1 aromatic carbocycles. The molecule has 1 heterocycles. The van der Waals surface area contributed by atoms with E-state index in [9.17, 15) is 4.79 Å². The molecule has 0 bridgehead atoms. The van der Waals surface area contributed by atoms with Gasteiger partial charge in [-0.2, -0.15) is 0 Å². The van der Waals surface area contributed by atoms with Gasteiger partial charge in [0.15, 0.2) is 5.76 Å². The monoisotopic (exact) mass is 257 g/mol. The van der Waals surface area contributed by atoms with E-state index in [1.54, 1.807) is 12.3 Å². The number of carbonyl (C=O) groups is 1. The lowest BCUT2D eigenvalue weighted by atomic mass is 10.0. The van der Waals surface area contributed by atoms with E-state index in [0.29, 0.717) is 5.76 Å². The molecule has 0 aliphatic rings. The van der Waals surface area contributed by atoms with Gasteiger partial charge in [0.05, 0.1) is 12.3 Å². The second kappa shape index (κ2) is 6.23. The quantitative estimate of drug-likeness (QED) is 0.883. The van der Waals surface area contributed by atoms with Crippen molar-refractivity contribution >= 4 is 5.91 Å². The summed E-state index contributed by atoms with van der Waals surface area (Å²) >= 11 is 0. The Morgan fingerprint density at radius 3 is 2.58 bits per heavy atom. The Kier molecular flexibility index (Phi) is 4.39. The van der Waals surface area contributed by atoms with Crippen molar-refractivity contribution in [3.63, 3.8) is 0 Å². The zero-order valence-corrected chi connectivity index (χ0v) is 11.3. The number of nitrogens with one attached hydrogen (secondary N) is 1. The normalized spacial score (nSPS) is 12.1. The maximum absolute atomic E-state index is 12.2. The van der Waals surface area contributed by atoms with Crippen molar-refractivity contribution in [3.05, 3.63) is 59.5 Å². The van der Waals surface area contributed by atoms with E-state index in [2.05, 4.69) is 12.2 Å². The first-order valence-corrected chi connectivity index (χ1v) is 6.62. The molecule has 0 saturated carbocycles. The van der Waals surface area contributed by atoms with E-state index < -0.39 is 0 Å². The van der Waals surface area contributed by atoms with Crippen LogP contribution in [0.5, 0.6) is 0 Å². The van der Waals surface area contributed by atoms with Crippen LogP contribution in [0.1, 0.15) is 47.5 Å². The highest BCUT2D eigenvalue weighted by atomic mass is 16.3. The van der Waals surface area contributed by atoms with Crippen LogP contribution in [0.3, 0.4) is 0 Å². The smallest absolute Gasteiger partial charge is 0.287 e. The Labute approximate surface area is 113 Å². The van der Waals surface area contributed by atoms with Crippen molar-refractivity contribution in [2.45, 2.75) is 32.7 Å². The number of carbonyl (C=O) groups excluding carboxylic acids is 1. The van der Waals surface area contributed by atoms with Crippen LogP contribution in [-0.2, 0) is 0 Å². The number of furan rings is 1. The molecular weight excluding hydrogens is 238 g/mol. The molecule has 3 heteroatoms. The van der Waals surface area contributed by atoms with E-state index in [-0.39, 0.29) is 11.9 Å². The maximum Gasteiger partial charge on any atom is 0.287 e. The Bertz CT molecular complexity index is 531. The van der Waals surface area contributed by atoms with Crippen molar-refractivity contribution < 1.29 is 9.21 Å². The number of benzene rings is 1. The number of amides is 1. The fraction of sp³-hybridized carbons (Fsp3) is 0.312. The van der Waals surface area contributed by atoms with Gasteiger partial charge in [0.2, 0.25) is 0 Å². The summed E-state index contributed by atoms with van der Waals surface area (Å²) in [5, 5.41) is 3.04. The third kappa shape index (κ3) is 3.25. The van der Waals surface area contributed by atoms with Gasteiger partial charge in [-0.15, -0.1) is 0 Å². The molecule has 0 spiro atoms. The molecule has 0 fully saturated rings. The van der Waals surface area contributed by atoms with Crippen LogP contribution in [0.2, 0.25) is 0 Å². The predicted molar refractivity (Wildman–Crippen MR) is 75.0 cm³/mol. The first kappa shape index (κ1) is 13.4. The lowest BCUT2D eigenvalue weighted by Crippen LogP contribution is -2.28. The van der Waals surface area contributed by atoms with Crippen molar-refractivity contribution in [1.29, 1.82) is 0 Å². The molecule has 1 amide bonds. The van der Waals surface area contributed by atoms with Crippen molar-refractivity contribution in [1.82, 2.24) is 5.32 Å². The molecule has 19 heavy (non-hydrogen) atoms. The van der Waals surface area contributed by atoms with Crippen LogP contribution >= 0.6 is 0 Å². The Balaban J connectivity index is 2.14. The number of rotatable bonds is 5. The molecule has 0 radical (unpaired) electrons. The highest BCUT2D eigenvalue weighted by molar-refractivity contribution is 5.93. The van der Waals surface area contributed by atoms with Crippen molar-refractivity contribution in [2.24, 2.45) is 0 Å². The minimum absolute atomic E-state index is 0.0307. The first-order chi connectivity index (χ1) is 9.22. The Morgan fingerprint density at radius 2 is 2.00 bits per heavy atom. The van der Waals surface area contributed by atoms with Crippen LogP contribution in [-0.4, -0.2) is 5.91 Å². The van der Waals surface area contributed by atoms with Gasteiger partial charge in [0.1, 0.15) is 0 Å².